The number of aliphatic carboxylic acids is 1. The van der Waals surface area contributed by atoms with Crippen LogP contribution in [0, 0.1) is 0 Å². The normalized spacial score (nSPS) is 9.71. The summed E-state index contributed by atoms with van der Waals surface area (Å²) in [6, 6.07) is 2.95. The Kier molecular flexibility index (Phi) is 3.17. The van der Waals surface area contributed by atoms with Crippen LogP contribution in [-0.4, -0.2) is 22.6 Å². The van der Waals surface area contributed by atoms with Gasteiger partial charge in [0.2, 0.25) is 5.78 Å². The zero-order chi connectivity index (χ0) is 10.6. The highest BCUT2D eigenvalue weighted by Crippen LogP contribution is 2.05. The molecule has 14 heavy (non-hydrogen) atoms. The lowest BCUT2D eigenvalue weighted by molar-refractivity contribution is -0.139. The van der Waals surface area contributed by atoms with Crippen molar-refractivity contribution >= 4 is 17.5 Å². The van der Waals surface area contributed by atoms with Crippen molar-refractivity contribution in [2.24, 2.45) is 0 Å². The second kappa shape index (κ2) is 4.36. The summed E-state index contributed by atoms with van der Waals surface area (Å²) >= 11 is 0. The van der Waals surface area contributed by atoms with E-state index >= 15 is 0 Å². The highest BCUT2D eigenvalue weighted by molar-refractivity contribution is 6.10. The third-order valence-electron chi connectivity index (χ3n) is 1.50. The first-order chi connectivity index (χ1) is 6.59. The molecule has 5 nitrogen and oxygen atoms in total. The van der Waals surface area contributed by atoms with E-state index in [1.165, 1.54) is 18.4 Å². The van der Waals surface area contributed by atoms with E-state index in [4.69, 9.17) is 9.52 Å². The molecule has 0 unspecified atom stereocenters. The molecule has 74 valence electrons. The molecule has 0 spiro atoms. The lowest BCUT2D eigenvalue weighted by Gasteiger charge is -1.94. The van der Waals surface area contributed by atoms with E-state index in [0.29, 0.717) is 0 Å². The van der Waals surface area contributed by atoms with Crippen molar-refractivity contribution in [1.29, 1.82) is 0 Å². The van der Waals surface area contributed by atoms with Crippen LogP contribution in [0.15, 0.2) is 22.8 Å². The predicted octanol–water partition coefficient (Wildman–Crippen LogP) is 0.896. The van der Waals surface area contributed by atoms with Gasteiger partial charge in [0.05, 0.1) is 12.7 Å². The van der Waals surface area contributed by atoms with Crippen LogP contribution in [0.1, 0.15) is 23.4 Å². The molecule has 0 saturated heterocycles. The first-order valence-electron chi connectivity index (χ1n) is 3.90. The summed E-state index contributed by atoms with van der Waals surface area (Å²) in [6.45, 7) is 0. The maximum Gasteiger partial charge on any atom is 0.310 e. The van der Waals surface area contributed by atoms with Crippen LogP contribution in [0.25, 0.3) is 0 Å². The lowest BCUT2D eigenvalue weighted by atomic mass is 10.1. The molecule has 5 heteroatoms. The van der Waals surface area contributed by atoms with E-state index in [1.54, 1.807) is 0 Å². The Hall–Kier alpha value is -1.91. The average Bonchev–Trinajstić information content (AvgIpc) is 2.53. The Balaban J connectivity index is 2.50. The zero-order valence-corrected chi connectivity index (χ0v) is 7.23. The summed E-state index contributed by atoms with van der Waals surface area (Å²) in [5.41, 5.74) is 0. The number of hydrogen-bond donors (Lipinski definition) is 1. The third-order valence-corrected chi connectivity index (χ3v) is 1.50. The molecule has 0 aromatic carbocycles. The van der Waals surface area contributed by atoms with E-state index in [-0.39, 0.29) is 5.76 Å². The summed E-state index contributed by atoms with van der Waals surface area (Å²) in [6.07, 6.45) is 0.251. The molecule has 0 fully saturated rings. The van der Waals surface area contributed by atoms with Gasteiger partial charge in [-0.05, 0) is 12.1 Å². The number of ketones is 2. The van der Waals surface area contributed by atoms with Crippen LogP contribution in [-0.2, 0) is 9.59 Å². The maximum absolute atomic E-state index is 11.2. The van der Waals surface area contributed by atoms with Gasteiger partial charge in [-0.15, -0.1) is 0 Å². The second-order valence-corrected chi connectivity index (χ2v) is 2.69. The van der Waals surface area contributed by atoms with Crippen molar-refractivity contribution in [3.63, 3.8) is 0 Å². The van der Waals surface area contributed by atoms with Crippen molar-refractivity contribution in [2.45, 2.75) is 12.8 Å². The molecule has 0 amide bonds. The zero-order valence-electron chi connectivity index (χ0n) is 7.23. The van der Waals surface area contributed by atoms with Gasteiger partial charge in [0.25, 0.3) is 0 Å². The fourth-order valence-electron chi connectivity index (χ4n) is 0.935. The van der Waals surface area contributed by atoms with E-state index in [2.05, 4.69) is 0 Å². The van der Waals surface area contributed by atoms with E-state index in [1.807, 2.05) is 0 Å². The SMILES string of the molecule is O=C(O)CC(=O)CC(=O)c1ccco1. The van der Waals surface area contributed by atoms with Crippen LogP contribution in [0.4, 0.5) is 0 Å². The van der Waals surface area contributed by atoms with Crippen molar-refractivity contribution in [2.75, 3.05) is 0 Å². The van der Waals surface area contributed by atoms with Gasteiger partial charge in [-0.1, -0.05) is 0 Å². The van der Waals surface area contributed by atoms with Crippen molar-refractivity contribution in [3.8, 4) is 0 Å². The van der Waals surface area contributed by atoms with Crippen LogP contribution >= 0.6 is 0 Å². The monoisotopic (exact) mass is 196 g/mol. The lowest BCUT2D eigenvalue weighted by Crippen LogP contribution is -2.11. The Bertz CT molecular complexity index is 349. The number of furan rings is 1. The van der Waals surface area contributed by atoms with E-state index in [0.717, 1.165) is 0 Å². The topological polar surface area (TPSA) is 84.6 Å². The summed E-state index contributed by atoms with van der Waals surface area (Å²) in [5, 5.41) is 8.27. The molecule has 1 heterocycles. The second-order valence-electron chi connectivity index (χ2n) is 2.69. The molecule has 1 aromatic rings. The first kappa shape index (κ1) is 10.2. The van der Waals surface area contributed by atoms with Gasteiger partial charge in [0, 0.05) is 0 Å². The van der Waals surface area contributed by atoms with Gasteiger partial charge >= 0.3 is 5.97 Å². The average molecular weight is 196 g/mol. The van der Waals surface area contributed by atoms with Crippen molar-refractivity contribution in [3.05, 3.63) is 24.2 Å². The summed E-state index contributed by atoms with van der Waals surface area (Å²) in [7, 11) is 0. The Morgan fingerprint density at radius 1 is 1.29 bits per heavy atom. The highest BCUT2D eigenvalue weighted by Gasteiger charge is 2.16. The number of Topliss-reactive ketones (excluding diaryl/α,β-unsaturated/α-hetero) is 2. The van der Waals surface area contributed by atoms with Gasteiger partial charge in [-0.25, -0.2) is 0 Å². The molecular weight excluding hydrogens is 188 g/mol. The van der Waals surface area contributed by atoms with Gasteiger partial charge in [-0.3, -0.25) is 14.4 Å². The molecule has 0 aliphatic heterocycles. The van der Waals surface area contributed by atoms with Crippen LogP contribution in [0.2, 0.25) is 0 Å². The summed E-state index contributed by atoms with van der Waals surface area (Å²) in [4.78, 5) is 32.2. The minimum atomic E-state index is -1.23. The predicted molar refractivity (Wildman–Crippen MR) is 44.9 cm³/mol. The summed E-state index contributed by atoms with van der Waals surface area (Å²) in [5.74, 6) is -2.29. The molecule has 0 radical (unpaired) electrons. The largest absolute Gasteiger partial charge is 0.481 e. The van der Waals surface area contributed by atoms with Crippen molar-refractivity contribution < 1.29 is 23.9 Å². The Labute approximate surface area is 79.3 Å². The molecule has 1 aromatic heterocycles. The van der Waals surface area contributed by atoms with Crippen LogP contribution in [0.5, 0.6) is 0 Å². The standard InChI is InChI=1S/C9H8O5/c10-6(5-9(12)13)4-7(11)8-2-1-3-14-8/h1-3H,4-5H2,(H,12,13). The summed E-state index contributed by atoms with van der Waals surface area (Å²) < 4.78 is 4.75. The van der Waals surface area contributed by atoms with Gasteiger partial charge in [-0.2, -0.15) is 0 Å². The highest BCUT2D eigenvalue weighted by atomic mass is 16.4. The van der Waals surface area contributed by atoms with Gasteiger partial charge in [0.15, 0.2) is 11.5 Å². The quantitative estimate of drug-likeness (QED) is 0.558. The van der Waals surface area contributed by atoms with Gasteiger partial charge in [0.1, 0.15) is 6.42 Å². The number of carbonyl (C=O) groups excluding carboxylic acids is 2. The number of carboxylic acid groups (broad SMARTS) is 1. The molecular formula is C9H8O5. The number of hydrogen-bond acceptors (Lipinski definition) is 4. The third kappa shape index (κ3) is 2.85. The van der Waals surface area contributed by atoms with Crippen LogP contribution < -0.4 is 0 Å². The fraction of sp³-hybridized carbons (Fsp3) is 0.222. The Morgan fingerprint density at radius 3 is 2.50 bits per heavy atom. The minimum absolute atomic E-state index is 0.0729. The van der Waals surface area contributed by atoms with Gasteiger partial charge < -0.3 is 9.52 Å². The maximum atomic E-state index is 11.2. The fourth-order valence-corrected chi connectivity index (χ4v) is 0.935. The van der Waals surface area contributed by atoms with Crippen LogP contribution in [0.3, 0.4) is 0 Å². The number of carbonyl (C=O) groups is 3. The number of carboxylic acids is 1. The molecule has 0 atom stereocenters. The molecule has 1 rings (SSSR count). The van der Waals surface area contributed by atoms with E-state index in [9.17, 15) is 14.4 Å². The molecule has 0 aliphatic carbocycles. The molecule has 0 bridgehead atoms. The smallest absolute Gasteiger partial charge is 0.310 e. The van der Waals surface area contributed by atoms with E-state index < -0.39 is 30.4 Å². The molecule has 0 aliphatic rings. The Morgan fingerprint density at radius 2 is 2.00 bits per heavy atom. The molecule has 1 N–H and O–H groups in total. The first-order valence-corrected chi connectivity index (χ1v) is 3.90. The molecule has 0 saturated carbocycles. The minimum Gasteiger partial charge on any atom is -0.481 e. The van der Waals surface area contributed by atoms with Crippen molar-refractivity contribution in [1.82, 2.24) is 0 Å². The number of rotatable bonds is 5.